The number of aromatic nitrogens is 1. The van der Waals surface area contributed by atoms with Gasteiger partial charge in [-0.05, 0) is 43.5 Å². The number of aryl methyl sites for hydroxylation is 2. The topological polar surface area (TPSA) is 118 Å². The number of benzene rings is 2. The lowest BCUT2D eigenvalue weighted by Crippen LogP contribution is -2.36. The quantitative estimate of drug-likeness (QED) is 0.169. The van der Waals surface area contributed by atoms with Crippen LogP contribution in [0.25, 0.3) is 10.9 Å². The summed E-state index contributed by atoms with van der Waals surface area (Å²) in [6, 6.07) is 12.8. The number of hydrogen-bond donors (Lipinski definition) is 2. The van der Waals surface area contributed by atoms with E-state index >= 15 is 0 Å². The predicted octanol–water partition coefficient (Wildman–Crippen LogP) is 4.36. The molecule has 0 bridgehead atoms. The number of carbonyl (C=O) groups excluding carboxylic acids is 3. The van der Waals surface area contributed by atoms with Crippen molar-refractivity contribution in [3.8, 4) is 0 Å². The van der Waals surface area contributed by atoms with Crippen molar-refractivity contribution in [1.29, 1.82) is 5.41 Å². The van der Waals surface area contributed by atoms with E-state index in [1.807, 2.05) is 49.0 Å². The van der Waals surface area contributed by atoms with Gasteiger partial charge in [-0.1, -0.05) is 37.6 Å². The first kappa shape index (κ1) is 26.7. The van der Waals surface area contributed by atoms with Crippen molar-refractivity contribution in [2.45, 2.75) is 46.0 Å². The second-order valence-electron chi connectivity index (χ2n) is 8.78. The summed E-state index contributed by atoms with van der Waals surface area (Å²) in [6.07, 6.45) is 4.60. The van der Waals surface area contributed by atoms with Crippen molar-refractivity contribution in [2.24, 2.45) is 12.8 Å². The van der Waals surface area contributed by atoms with Crippen LogP contribution in [-0.2, 0) is 27.8 Å². The highest BCUT2D eigenvalue weighted by Crippen LogP contribution is 2.28. The lowest BCUT2D eigenvalue weighted by molar-refractivity contribution is -0.142. The van der Waals surface area contributed by atoms with Crippen LogP contribution >= 0.6 is 0 Å². The maximum Gasteiger partial charge on any atom is 0.326 e. The molecule has 1 heterocycles. The summed E-state index contributed by atoms with van der Waals surface area (Å²) in [5, 5.41) is 8.24. The van der Waals surface area contributed by atoms with E-state index in [1.54, 1.807) is 25.1 Å². The number of anilines is 1. The summed E-state index contributed by atoms with van der Waals surface area (Å²) in [4.78, 5) is 39.9. The predicted molar refractivity (Wildman–Crippen MR) is 142 cm³/mol. The van der Waals surface area contributed by atoms with Gasteiger partial charge in [0.05, 0.1) is 6.61 Å². The molecular weight excluding hydrogens is 456 g/mol. The minimum atomic E-state index is -0.470. The van der Waals surface area contributed by atoms with Gasteiger partial charge in [-0.25, -0.2) is 0 Å². The number of amides is 1. The van der Waals surface area contributed by atoms with Crippen LogP contribution < -0.4 is 10.6 Å². The van der Waals surface area contributed by atoms with Gasteiger partial charge in [0.1, 0.15) is 12.4 Å². The van der Waals surface area contributed by atoms with Crippen molar-refractivity contribution in [3.63, 3.8) is 0 Å². The van der Waals surface area contributed by atoms with E-state index in [1.165, 1.54) is 4.90 Å². The van der Waals surface area contributed by atoms with Crippen LogP contribution in [0.5, 0.6) is 0 Å². The van der Waals surface area contributed by atoms with E-state index in [2.05, 4.69) is 0 Å². The summed E-state index contributed by atoms with van der Waals surface area (Å²) < 4.78 is 6.98. The number of esters is 1. The molecule has 0 saturated carbocycles. The number of carbonyl (C=O) groups is 3. The fraction of sp³-hybridized carbons (Fsp3) is 0.357. The smallest absolute Gasteiger partial charge is 0.326 e. The van der Waals surface area contributed by atoms with E-state index in [-0.39, 0.29) is 30.7 Å². The maximum atomic E-state index is 13.2. The number of hydrogen-bond acceptors (Lipinski definition) is 5. The Kier molecular flexibility index (Phi) is 9.00. The fourth-order valence-corrected chi connectivity index (χ4v) is 4.14. The zero-order valence-corrected chi connectivity index (χ0v) is 21.2. The molecule has 0 aliphatic carbocycles. The number of nitrogens with one attached hydrogen (secondary N) is 1. The molecule has 0 radical (unpaired) electrons. The summed E-state index contributed by atoms with van der Waals surface area (Å²) in [5.74, 6) is -0.623. The summed E-state index contributed by atoms with van der Waals surface area (Å²) in [7, 11) is 1.88. The van der Waals surface area contributed by atoms with Gasteiger partial charge in [0.2, 0.25) is 5.91 Å². The number of fused-ring (bicyclic) bond motifs is 1. The highest BCUT2D eigenvalue weighted by atomic mass is 16.5. The van der Waals surface area contributed by atoms with Crippen LogP contribution in [0.4, 0.5) is 5.69 Å². The molecule has 0 atom stereocenters. The van der Waals surface area contributed by atoms with Crippen LogP contribution in [0.15, 0.2) is 48.7 Å². The molecule has 0 aliphatic heterocycles. The van der Waals surface area contributed by atoms with E-state index < -0.39 is 5.97 Å². The molecule has 3 rings (SSSR count). The standard InChI is InChI=1S/C28H34N4O4/c1-4-6-7-26(34)32(18-27(35)36-5-2)21-13-14-24-22(16-21)23(17-31(24)3)25(33)15-10-19-8-11-20(12-9-19)28(29)30/h8-9,11-14,16-17H,4-7,10,15,18H2,1-3H3,(H3,29,30). The van der Waals surface area contributed by atoms with E-state index in [4.69, 9.17) is 15.9 Å². The lowest BCUT2D eigenvalue weighted by Gasteiger charge is -2.22. The second kappa shape index (κ2) is 12.2. The number of Topliss-reactive ketones (excluding diaryl/α,β-unsaturated/α-hetero) is 1. The molecule has 0 saturated heterocycles. The monoisotopic (exact) mass is 490 g/mol. The number of nitrogens with two attached hydrogens (primary N) is 1. The molecule has 2 aromatic carbocycles. The third-order valence-corrected chi connectivity index (χ3v) is 6.13. The van der Waals surface area contributed by atoms with Gasteiger partial charge in [-0.3, -0.25) is 19.8 Å². The number of nitrogens with zero attached hydrogens (tertiary/aromatic N) is 2. The Morgan fingerprint density at radius 3 is 2.42 bits per heavy atom. The van der Waals surface area contributed by atoms with E-state index in [9.17, 15) is 14.4 Å². The minimum Gasteiger partial charge on any atom is -0.465 e. The highest BCUT2D eigenvalue weighted by Gasteiger charge is 2.22. The number of amidine groups is 1. The Morgan fingerprint density at radius 1 is 1.06 bits per heavy atom. The first-order valence-electron chi connectivity index (χ1n) is 12.3. The van der Waals surface area contributed by atoms with Crippen molar-refractivity contribution in [3.05, 3.63) is 65.4 Å². The molecule has 190 valence electrons. The Labute approximate surface area is 211 Å². The van der Waals surface area contributed by atoms with Crippen LogP contribution in [0.1, 0.15) is 61.0 Å². The molecule has 0 aliphatic rings. The van der Waals surface area contributed by atoms with Crippen LogP contribution in [0, 0.1) is 5.41 Å². The molecular formula is C28H34N4O4. The molecule has 1 aromatic heterocycles. The van der Waals surface area contributed by atoms with Crippen molar-refractivity contribution in [2.75, 3.05) is 18.1 Å². The van der Waals surface area contributed by atoms with Gasteiger partial charge in [-0.15, -0.1) is 0 Å². The highest BCUT2D eigenvalue weighted by molar-refractivity contribution is 6.10. The molecule has 0 spiro atoms. The molecule has 0 unspecified atom stereocenters. The van der Waals surface area contributed by atoms with Gasteiger partial charge in [0.25, 0.3) is 0 Å². The Morgan fingerprint density at radius 2 is 1.78 bits per heavy atom. The average molecular weight is 491 g/mol. The third kappa shape index (κ3) is 6.38. The summed E-state index contributed by atoms with van der Waals surface area (Å²) >= 11 is 0. The molecule has 3 aromatic rings. The van der Waals surface area contributed by atoms with E-state index in [0.717, 1.165) is 29.3 Å². The van der Waals surface area contributed by atoms with Gasteiger partial charge in [-0.2, -0.15) is 0 Å². The minimum absolute atomic E-state index is 0.00867. The molecule has 36 heavy (non-hydrogen) atoms. The van der Waals surface area contributed by atoms with Crippen molar-refractivity contribution < 1.29 is 19.1 Å². The van der Waals surface area contributed by atoms with Gasteiger partial charge < -0.3 is 19.9 Å². The third-order valence-electron chi connectivity index (χ3n) is 6.13. The maximum absolute atomic E-state index is 13.2. The number of unbranched alkanes of at least 4 members (excludes halogenated alkanes) is 1. The number of nitrogen functional groups attached to an aromatic ring is 1. The molecule has 1 amide bonds. The van der Waals surface area contributed by atoms with Crippen LogP contribution in [0.3, 0.4) is 0 Å². The van der Waals surface area contributed by atoms with Crippen LogP contribution in [0.2, 0.25) is 0 Å². The number of rotatable bonds is 12. The summed E-state index contributed by atoms with van der Waals surface area (Å²) in [6.45, 7) is 3.80. The van der Waals surface area contributed by atoms with Gasteiger partial charge >= 0.3 is 5.97 Å². The molecule has 0 fully saturated rings. The average Bonchev–Trinajstić information content (AvgIpc) is 3.20. The molecule has 8 nitrogen and oxygen atoms in total. The number of ether oxygens (including phenoxy) is 1. The van der Waals surface area contributed by atoms with Crippen molar-refractivity contribution >= 4 is 40.1 Å². The molecule has 3 N–H and O–H groups in total. The fourth-order valence-electron chi connectivity index (χ4n) is 4.14. The summed E-state index contributed by atoms with van der Waals surface area (Å²) in [5.41, 5.74) is 9.15. The first-order valence-corrected chi connectivity index (χ1v) is 12.3. The van der Waals surface area contributed by atoms with E-state index in [0.29, 0.717) is 36.1 Å². The zero-order valence-electron chi connectivity index (χ0n) is 21.2. The van der Waals surface area contributed by atoms with Gasteiger partial charge in [0.15, 0.2) is 5.78 Å². The van der Waals surface area contributed by atoms with Crippen molar-refractivity contribution in [1.82, 2.24) is 4.57 Å². The van der Waals surface area contributed by atoms with Crippen LogP contribution in [-0.4, -0.2) is 41.2 Å². The number of ketones is 1. The Bertz CT molecular complexity index is 1260. The second-order valence-corrected chi connectivity index (χ2v) is 8.78. The zero-order chi connectivity index (χ0) is 26.2. The molecule has 8 heteroatoms. The SMILES string of the molecule is CCCCC(=O)N(CC(=O)OCC)c1ccc2c(c1)c(C(=O)CCc1ccc(C(=N)N)cc1)cn2C. The largest absolute Gasteiger partial charge is 0.465 e. The van der Waals surface area contributed by atoms with Gasteiger partial charge in [0, 0.05) is 53.8 Å². The Balaban J connectivity index is 1.87. The lowest BCUT2D eigenvalue weighted by atomic mass is 10.0. The normalized spacial score (nSPS) is 10.9. The first-order chi connectivity index (χ1) is 17.2. The Hall–Kier alpha value is -3.94.